The molecule has 2 atom stereocenters. The second kappa shape index (κ2) is 7.93. The van der Waals surface area contributed by atoms with Crippen molar-refractivity contribution in [1.82, 2.24) is 0 Å². The standard InChI is InChI=1S/C20H20BrFN2O/c1-14(20(25)23-19-8-7-17(21)13-18(19)22)24-11-9-16(10-12-24)15-5-3-2-4-6-15/h2-9,13-14H,10-12H2,1H3,(H,23,25)/p+1/t14-/m1/s1. The highest BCUT2D eigenvalue weighted by Crippen LogP contribution is 2.20. The number of rotatable bonds is 4. The monoisotopic (exact) mass is 403 g/mol. The molecule has 3 rings (SSSR count). The Labute approximate surface area is 155 Å². The van der Waals surface area contributed by atoms with E-state index in [1.165, 1.54) is 22.1 Å². The Kier molecular flexibility index (Phi) is 5.66. The quantitative estimate of drug-likeness (QED) is 0.806. The van der Waals surface area contributed by atoms with E-state index in [0.29, 0.717) is 4.47 Å². The largest absolute Gasteiger partial charge is 0.321 e. The summed E-state index contributed by atoms with van der Waals surface area (Å²) in [5.41, 5.74) is 2.79. The number of carbonyl (C=O) groups is 1. The van der Waals surface area contributed by atoms with E-state index < -0.39 is 5.82 Å². The minimum Gasteiger partial charge on any atom is -0.321 e. The van der Waals surface area contributed by atoms with Gasteiger partial charge in [0.1, 0.15) is 5.82 Å². The van der Waals surface area contributed by atoms with E-state index in [1.807, 2.05) is 25.1 Å². The third kappa shape index (κ3) is 4.35. The third-order valence-electron chi connectivity index (χ3n) is 4.67. The number of halogens is 2. The summed E-state index contributed by atoms with van der Waals surface area (Å²) in [6.45, 7) is 3.57. The predicted octanol–water partition coefficient (Wildman–Crippen LogP) is 3.29. The van der Waals surface area contributed by atoms with Gasteiger partial charge >= 0.3 is 0 Å². The lowest BCUT2D eigenvalue weighted by molar-refractivity contribution is -0.909. The minimum atomic E-state index is -0.435. The summed E-state index contributed by atoms with van der Waals surface area (Å²) in [5.74, 6) is -0.595. The zero-order valence-electron chi connectivity index (χ0n) is 14.1. The van der Waals surface area contributed by atoms with Crippen molar-refractivity contribution < 1.29 is 14.1 Å². The average molecular weight is 404 g/mol. The molecule has 0 saturated carbocycles. The van der Waals surface area contributed by atoms with E-state index in [0.717, 1.165) is 19.5 Å². The number of hydrogen-bond acceptors (Lipinski definition) is 1. The van der Waals surface area contributed by atoms with Crippen LogP contribution in [0.1, 0.15) is 18.9 Å². The predicted molar refractivity (Wildman–Crippen MR) is 102 cm³/mol. The number of carbonyl (C=O) groups excluding carboxylic acids is 1. The molecule has 0 bridgehead atoms. The van der Waals surface area contributed by atoms with E-state index in [1.54, 1.807) is 12.1 Å². The summed E-state index contributed by atoms with van der Waals surface area (Å²) in [5, 5.41) is 2.70. The Morgan fingerprint density at radius 1 is 1.24 bits per heavy atom. The maximum absolute atomic E-state index is 13.9. The average Bonchev–Trinajstić information content (AvgIpc) is 2.64. The fourth-order valence-electron chi connectivity index (χ4n) is 3.08. The highest BCUT2D eigenvalue weighted by Gasteiger charge is 2.27. The number of nitrogens with one attached hydrogen (secondary N) is 2. The lowest BCUT2D eigenvalue weighted by atomic mass is 9.99. The van der Waals surface area contributed by atoms with Crippen LogP contribution < -0.4 is 10.2 Å². The van der Waals surface area contributed by atoms with Gasteiger partial charge in [-0.15, -0.1) is 0 Å². The molecule has 1 unspecified atom stereocenters. The summed E-state index contributed by atoms with van der Waals surface area (Å²) in [6.07, 6.45) is 3.14. The van der Waals surface area contributed by atoms with Gasteiger partial charge in [0.25, 0.3) is 5.91 Å². The van der Waals surface area contributed by atoms with Gasteiger partial charge in [0, 0.05) is 10.9 Å². The summed E-state index contributed by atoms with van der Waals surface area (Å²) in [4.78, 5) is 13.7. The molecule has 0 spiro atoms. The van der Waals surface area contributed by atoms with Crippen molar-refractivity contribution in [3.63, 3.8) is 0 Å². The molecule has 1 aliphatic heterocycles. The molecule has 1 heterocycles. The third-order valence-corrected chi connectivity index (χ3v) is 5.16. The molecule has 0 saturated heterocycles. The smallest absolute Gasteiger partial charge is 0.282 e. The van der Waals surface area contributed by atoms with Gasteiger partial charge in [-0.3, -0.25) is 4.79 Å². The zero-order valence-corrected chi connectivity index (χ0v) is 15.6. The van der Waals surface area contributed by atoms with Crippen LogP contribution in [0.15, 0.2) is 59.1 Å². The summed E-state index contributed by atoms with van der Waals surface area (Å²) in [6, 6.07) is 14.7. The van der Waals surface area contributed by atoms with Crippen LogP contribution in [-0.2, 0) is 4.79 Å². The van der Waals surface area contributed by atoms with Crippen molar-refractivity contribution in [2.45, 2.75) is 19.4 Å². The zero-order chi connectivity index (χ0) is 17.8. The van der Waals surface area contributed by atoms with Crippen molar-refractivity contribution in [2.75, 3.05) is 18.4 Å². The van der Waals surface area contributed by atoms with E-state index in [2.05, 4.69) is 39.5 Å². The first-order chi connectivity index (χ1) is 12.0. The molecule has 25 heavy (non-hydrogen) atoms. The van der Waals surface area contributed by atoms with Crippen molar-refractivity contribution in [3.05, 3.63) is 70.5 Å². The van der Waals surface area contributed by atoms with Gasteiger partial charge in [0.15, 0.2) is 6.04 Å². The molecule has 1 amide bonds. The lowest BCUT2D eigenvalue weighted by Gasteiger charge is -2.28. The Bertz CT molecular complexity index is 792. The van der Waals surface area contributed by atoms with Crippen LogP contribution in [0, 0.1) is 5.82 Å². The maximum Gasteiger partial charge on any atom is 0.282 e. The second-order valence-corrected chi connectivity index (χ2v) is 7.21. The summed E-state index contributed by atoms with van der Waals surface area (Å²) < 4.78 is 14.5. The van der Waals surface area contributed by atoms with Gasteiger partial charge in [-0.25, -0.2) is 4.39 Å². The van der Waals surface area contributed by atoms with Crippen molar-refractivity contribution in [2.24, 2.45) is 0 Å². The first-order valence-electron chi connectivity index (χ1n) is 8.39. The molecule has 1 aliphatic rings. The van der Waals surface area contributed by atoms with Crippen LogP contribution in [0.5, 0.6) is 0 Å². The van der Waals surface area contributed by atoms with Crippen LogP contribution in [0.3, 0.4) is 0 Å². The van der Waals surface area contributed by atoms with E-state index in [9.17, 15) is 9.18 Å². The van der Waals surface area contributed by atoms with Crippen LogP contribution in [0.25, 0.3) is 5.57 Å². The molecule has 0 radical (unpaired) electrons. The normalized spacial score (nSPS) is 18.4. The van der Waals surface area contributed by atoms with E-state index >= 15 is 0 Å². The van der Waals surface area contributed by atoms with Crippen LogP contribution in [-0.4, -0.2) is 25.0 Å². The van der Waals surface area contributed by atoms with Crippen molar-refractivity contribution in [3.8, 4) is 0 Å². The van der Waals surface area contributed by atoms with Gasteiger partial charge in [-0.2, -0.15) is 0 Å². The topological polar surface area (TPSA) is 33.5 Å². The molecule has 2 aromatic rings. The Morgan fingerprint density at radius 2 is 2.00 bits per heavy atom. The van der Waals surface area contributed by atoms with Crippen molar-refractivity contribution in [1.29, 1.82) is 0 Å². The molecule has 5 heteroatoms. The Hall–Kier alpha value is -1.98. The van der Waals surface area contributed by atoms with Crippen LogP contribution in [0.2, 0.25) is 0 Å². The van der Waals surface area contributed by atoms with Gasteiger partial charge in [-0.05, 0) is 42.3 Å². The molecule has 0 fully saturated rings. The molecule has 130 valence electrons. The number of benzene rings is 2. The maximum atomic E-state index is 13.9. The van der Waals surface area contributed by atoms with E-state index in [-0.39, 0.29) is 17.6 Å². The molecule has 2 aromatic carbocycles. The number of quaternary nitrogens is 1. The van der Waals surface area contributed by atoms with Crippen LogP contribution >= 0.6 is 15.9 Å². The van der Waals surface area contributed by atoms with Gasteiger partial charge in [-0.1, -0.05) is 46.3 Å². The second-order valence-electron chi connectivity index (χ2n) is 6.29. The SMILES string of the molecule is C[C@H](C(=O)Nc1ccc(Br)cc1F)[NH+]1CC=C(c2ccccc2)CC1. The van der Waals surface area contributed by atoms with Gasteiger partial charge < -0.3 is 10.2 Å². The van der Waals surface area contributed by atoms with Crippen LogP contribution in [0.4, 0.5) is 10.1 Å². The molecule has 2 N–H and O–H groups in total. The highest BCUT2D eigenvalue weighted by atomic mass is 79.9. The number of anilines is 1. The highest BCUT2D eigenvalue weighted by molar-refractivity contribution is 9.10. The molecule has 0 aromatic heterocycles. The molecule has 3 nitrogen and oxygen atoms in total. The number of hydrogen-bond donors (Lipinski definition) is 2. The first kappa shape index (κ1) is 17.8. The fourth-order valence-corrected chi connectivity index (χ4v) is 3.41. The first-order valence-corrected chi connectivity index (χ1v) is 9.19. The summed E-state index contributed by atoms with van der Waals surface area (Å²) in [7, 11) is 0. The lowest BCUT2D eigenvalue weighted by Crippen LogP contribution is -3.17. The number of amides is 1. The Morgan fingerprint density at radius 3 is 2.64 bits per heavy atom. The Balaban J connectivity index is 1.63. The molecular weight excluding hydrogens is 383 g/mol. The summed E-state index contributed by atoms with van der Waals surface area (Å²) >= 11 is 3.22. The van der Waals surface area contributed by atoms with Gasteiger partial charge in [0.05, 0.1) is 18.8 Å². The van der Waals surface area contributed by atoms with Crippen molar-refractivity contribution >= 4 is 33.1 Å². The molecular formula is C20H21BrFN2O+. The van der Waals surface area contributed by atoms with Gasteiger partial charge in [0.2, 0.25) is 0 Å². The molecule has 0 aliphatic carbocycles. The fraction of sp³-hybridized carbons (Fsp3) is 0.250. The minimum absolute atomic E-state index is 0.159. The van der Waals surface area contributed by atoms with E-state index in [4.69, 9.17) is 0 Å².